The summed E-state index contributed by atoms with van der Waals surface area (Å²) >= 11 is 1.48. The van der Waals surface area contributed by atoms with Crippen LogP contribution >= 0.6 is 11.8 Å². The van der Waals surface area contributed by atoms with Crippen LogP contribution in [0.1, 0.15) is 59.4 Å². The van der Waals surface area contributed by atoms with Gasteiger partial charge in [-0.1, -0.05) is 18.7 Å². The molecule has 3 fully saturated rings. The van der Waals surface area contributed by atoms with Gasteiger partial charge in [-0.2, -0.15) is 0 Å². The minimum atomic E-state index is -0.510. The Balaban J connectivity index is 1.30. The highest BCUT2D eigenvalue weighted by atomic mass is 32.2. The maximum Gasteiger partial charge on any atom is 0.410 e. The molecule has 10 heteroatoms. The number of ether oxygens (including phenoxy) is 1. The van der Waals surface area contributed by atoms with E-state index in [2.05, 4.69) is 26.6 Å². The molecule has 0 aromatic carbocycles. The molecule has 9 nitrogen and oxygen atoms in total. The van der Waals surface area contributed by atoms with E-state index < -0.39 is 5.60 Å². The number of aromatic nitrogens is 3. The van der Waals surface area contributed by atoms with E-state index >= 15 is 0 Å². The third kappa shape index (κ3) is 5.68. The lowest BCUT2D eigenvalue weighted by Crippen LogP contribution is -2.52. The molecule has 1 aliphatic carbocycles. The number of piperidine rings is 1. The smallest absolute Gasteiger partial charge is 0.410 e. The first kappa shape index (κ1) is 23.2. The number of piperazine rings is 1. The summed E-state index contributed by atoms with van der Waals surface area (Å²) in [6.07, 6.45) is 4.38. The summed E-state index contributed by atoms with van der Waals surface area (Å²) in [5.41, 5.74) is -0.510. The Morgan fingerprint density at radius 1 is 0.969 bits per heavy atom. The van der Waals surface area contributed by atoms with Gasteiger partial charge >= 0.3 is 6.09 Å². The number of nitrogens with zero attached hydrogens (tertiary/aromatic N) is 6. The lowest BCUT2D eigenvalue weighted by Gasteiger charge is -2.35. The molecular formula is C22H36N6O3S. The number of hydrogen-bond donors (Lipinski definition) is 0. The van der Waals surface area contributed by atoms with Gasteiger partial charge in [0.2, 0.25) is 11.9 Å². The number of rotatable bonds is 5. The molecule has 4 rings (SSSR count). The monoisotopic (exact) mass is 464 g/mol. The molecule has 0 N–H and O–H groups in total. The second-order valence-electron chi connectivity index (χ2n) is 10.2. The normalized spacial score (nSPS) is 20.6. The minimum absolute atomic E-state index is 0.0810. The summed E-state index contributed by atoms with van der Waals surface area (Å²) in [6.45, 7) is 12.0. The van der Waals surface area contributed by atoms with E-state index in [4.69, 9.17) is 4.74 Å². The zero-order valence-corrected chi connectivity index (χ0v) is 20.6. The molecular weight excluding hydrogens is 428 g/mol. The van der Waals surface area contributed by atoms with E-state index in [1.54, 1.807) is 4.90 Å². The summed E-state index contributed by atoms with van der Waals surface area (Å²) in [5.74, 6) is 2.16. The van der Waals surface area contributed by atoms with Gasteiger partial charge in [0.25, 0.3) is 0 Å². The fourth-order valence-electron chi connectivity index (χ4n) is 4.13. The molecule has 178 valence electrons. The quantitative estimate of drug-likeness (QED) is 0.619. The van der Waals surface area contributed by atoms with E-state index in [1.165, 1.54) is 24.6 Å². The Hall–Kier alpha value is -1.97. The van der Waals surface area contributed by atoms with Crippen molar-refractivity contribution in [3.8, 4) is 0 Å². The highest BCUT2D eigenvalue weighted by Crippen LogP contribution is 2.41. The van der Waals surface area contributed by atoms with Crippen LogP contribution < -0.4 is 4.90 Å². The highest BCUT2D eigenvalue weighted by molar-refractivity contribution is 7.99. The molecule has 32 heavy (non-hydrogen) atoms. The van der Waals surface area contributed by atoms with Gasteiger partial charge in [0.05, 0.1) is 5.75 Å². The van der Waals surface area contributed by atoms with Crippen molar-refractivity contribution in [1.29, 1.82) is 0 Å². The minimum Gasteiger partial charge on any atom is -0.444 e. The number of carbonyl (C=O) groups is 2. The third-order valence-corrected chi connectivity index (χ3v) is 7.16. The Kier molecular flexibility index (Phi) is 6.88. The summed E-state index contributed by atoms with van der Waals surface area (Å²) in [7, 11) is 0. The van der Waals surface area contributed by atoms with Gasteiger partial charge < -0.3 is 19.4 Å². The van der Waals surface area contributed by atoms with E-state index in [-0.39, 0.29) is 12.0 Å². The molecule has 0 radical (unpaired) electrons. The fourth-order valence-corrected chi connectivity index (χ4v) is 5.03. The van der Waals surface area contributed by atoms with Gasteiger partial charge in [-0.05, 0) is 52.4 Å². The fraction of sp³-hybridized carbons (Fsp3) is 0.818. The predicted octanol–water partition coefficient (Wildman–Crippen LogP) is 3.02. The first-order chi connectivity index (χ1) is 15.2. The number of anilines is 1. The molecule has 0 spiro atoms. The zero-order chi connectivity index (χ0) is 22.9. The standard InChI is InChI=1S/C22H36N6O3S/c1-16-7-9-26(10-8-16)19-23-24-20(28(19)17-5-6-17)32-15-18(29)25-11-13-27(14-12-25)21(30)31-22(2,3)4/h16-17H,5-15H2,1-4H3. The molecule has 1 aromatic rings. The Bertz CT molecular complexity index is 818. The number of amides is 2. The van der Waals surface area contributed by atoms with E-state index in [1.807, 2.05) is 25.7 Å². The number of thioether (sulfide) groups is 1. The maximum absolute atomic E-state index is 12.8. The van der Waals surface area contributed by atoms with Gasteiger partial charge in [0, 0.05) is 45.3 Å². The Morgan fingerprint density at radius 2 is 1.59 bits per heavy atom. The van der Waals surface area contributed by atoms with Crippen molar-refractivity contribution >= 4 is 29.7 Å². The molecule has 0 bridgehead atoms. The second kappa shape index (κ2) is 9.49. The number of hydrogen-bond acceptors (Lipinski definition) is 7. The van der Waals surface area contributed by atoms with Crippen LogP contribution in [0.3, 0.4) is 0 Å². The van der Waals surface area contributed by atoms with Crippen molar-refractivity contribution in [3.05, 3.63) is 0 Å². The summed E-state index contributed by atoms with van der Waals surface area (Å²) < 4.78 is 7.69. The van der Waals surface area contributed by atoms with Crippen LogP contribution in [0.5, 0.6) is 0 Å². The van der Waals surface area contributed by atoms with Crippen molar-refractivity contribution in [2.24, 2.45) is 5.92 Å². The Morgan fingerprint density at radius 3 is 2.19 bits per heavy atom. The van der Waals surface area contributed by atoms with Crippen molar-refractivity contribution < 1.29 is 14.3 Å². The lowest BCUT2D eigenvalue weighted by atomic mass is 10.00. The lowest BCUT2D eigenvalue weighted by molar-refractivity contribution is -0.130. The largest absolute Gasteiger partial charge is 0.444 e. The molecule has 0 unspecified atom stereocenters. The van der Waals surface area contributed by atoms with Crippen molar-refractivity contribution in [2.75, 3.05) is 49.9 Å². The first-order valence-corrected chi connectivity index (χ1v) is 12.8. The molecule has 1 aromatic heterocycles. The average Bonchev–Trinajstić information content (AvgIpc) is 3.50. The maximum atomic E-state index is 12.8. The average molecular weight is 465 g/mol. The van der Waals surface area contributed by atoms with Gasteiger partial charge in [-0.15, -0.1) is 10.2 Å². The van der Waals surface area contributed by atoms with Crippen LogP contribution in [0.4, 0.5) is 10.7 Å². The first-order valence-electron chi connectivity index (χ1n) is 11.8. The zero-order valence-electron chi connectivity index (χ0n) is 19.7. The SMILES string of the molecule is CC1CCN(c2nnc(SCC(=O)N3CCN(C(=O)OC(C)(C)C)CC3)n2C2CC2)CC1. The third-order valence-electron chi connectivity index (χ3n) is 6.23. The van der Waals surface area contributed by atoms with Crippen LogP contribution in [0, 0.1) is 5.92 Å². The second-order valence-corrected chi connectivity index (χ2v) is 11.1. The van der Waals surface area contributed by atoms with E-state index in [9.17, 15) is 9.59 Å². The van der Waals surface area contributed by atoms with Gasteiger partial charge in [0.15, 0.2) is 5.16 Å². The van der Waals surface area contributed by atoms with E-state index in [0.717, 1.165) is 43.0 Å². The molecule has 2 saturated heterocycles. The molecule has 0 atom stereocenters. The molecule has 1 saturated carbocycles. The van der Waals surface area contributed by atoms with Crippen LogP contribution in [0.2, 0.25) is 0 Å². The van der Waals surface area contributed by atoms with Gasteiger partial charge in [0.1, 0.15) is 5.60 Å². The van der Waals surface area contributed by atoms with E-state index in [0.29, 0.717) is 38.0 Å². The van der Waals surface area contributed by atoms with Gasteiger partial charge in [-0.25, -0.2) is 4.79 Å². The topological polar surface area (TPSA) is 83.8 Å². The summed E-state index contributed by atoms with van der Waals surface area (Å²) in [5, 5.41) is 9.81. The van der Waals surface area contributed by atoms with Crippen molar-refractivity contribution in [3.63, 3.8) is 0 Å². The number of carbonyl (C=O) groups excluding carboxylic acids is 2. The predicted molar refractivity (Wildman–Crippen MR) is 124 cm³/mol. The van der Waals surface area contributed by atoms with Crippen LogP contribution in [-0.2, 0) is 9.53 Å². The molecule has 2 amide bonds. The molecule has 2 aliphatic heterocycles. The van der Waals surface area contributed by atoms with Gasteiger partial charge in [-0.3, -0.25) is 9.36 Å². The van der Waals surface area contributed by atoms with Crippen LogP contribution in [0.25, 0.3) is 0 Å². The molecule has 3 aliphatic rings. The van der Waals surface area contributed by atoms with Crippen molar-refractivity contribution in [1.82, 2.24) is 24.6 Å². The van der Waals surface area contributed by atoms with Crippen LogP contribution in [0.15, 0.2) is 5.16 Å². The highest BCUT2D eigenvalue weighted by Gasteiger charge is 2.33. The van der Waals surface area contributed by atoms with Crippen molar-refractivity contribution in [2.45, 2.75) is 70.2 Å². The molecule has 3 heterocycles. The Labute approximate surface area is 194 Å². The summed E-state index contributed by atoms with van der Waals surface area (Å²) in [4.78, 5) is 30.9. The summed E-state index contributed by atoms with van der Waals surface area (Å²) in [6, 6.07) is 0.467. The van der Waals surface area contributed by atoms with Crippen LogP contribution in [-0.4, -0.2) is 87.2 Å².